The summed E-state index contributed by atoms with van der Waals surface area (Å²) in [7, 11) is 0. The first-order chi connectivity index (χ1) is 7.84. The van der Waals surface area contributed by atoms with Gasteiger partial charge in [0.2, 0.25) is 0 Å². The van der Waals surface area contributed by atoms with Crippen LogP contribution in [0.1, 0.15) is 18.9 Å². The van der Waals surface area contributed by atoms with Crippen molar-refractivity contribution >= 4 is 23.4 Å². The van der Waals surface area contributed by atoms with Gasteiger partial charge >= 0.3 is 6.18 Å². The number of benzene rings is 1. The van der Waals surface area contributed by atoms with E-state index in [4.69, 9.17) is 11.6 Å². The van der Waals surface area contributed by atoms with E-state index in [0.29, 0.717) is 18.4 Å². The zero-order chi connectivity index (χ0) is 13.1. The van der Waals surface area contributed by atoms with E-state index in [2.05, 4.69) is 0 Å². The summed E-state index contributed by atoms with van der Waals surface area (Å²) in [5.41, 5.74) is -0.968. The molecule has 0 radical (unpaired) electrons. The van der Waals surface area contributed by atoms with Gasteiger partial charge in [0.05, 0.1) is 5.56 Å². The quantitative estimate of drug-likeness (QED) is 0.428. The van der Waals surface area contributed by atoms with E-state index in [9.17, 15) is 17.6 Å². The lowest BCUT2D eigenvalue weighted by Gasteiger charge is -2.12. The van der Waals surface area contributed by atoms with E-state index in [1.165, 1.54) is 11.8 Å². The van der Waals surface area contributed by atoms with Crippen molar-refractivity contribution in [3.05, 3.63) is 29.6 Å². The van der Waals surface area contributed by atoms with Crippen LogP contribution in [0.4, 0.5) is 17.6 Å². The van der Waals surface area contributed by atoms with Crippen LogP contribution in [0.2, 0.25) is 0 Å². The molecule has 0 spiro atoms. The Bertz CT molecular complexity index is 378. The molecule has 0 fully saturated rings. The van der Waals surface area contributed by atoms with Crippen LogP contribution >= 0.6 is 23.4 Å². The van der Waals surface area contributed by atoms with Crippen LogP contribution in [-0.4, -0.2) is 11.1 Å². The van der Waals surface area contributed by atoms with Crippen molar-refractivity contribution in [1.29, 1.82) is 0 Å². The molecule has 0 saturated carbocycles. The van der Waals surface area contributed by atoms with Gasteiger partial charge < -0.3 is 0 Å². The fraction of sp³-hybridized carbons (Fsp3) is 0.455. The lowest BCUT2D eigenvalue weighted by Crippen LogP contribution is -2.06. The van der Waals surface area contributed by atoms with E-state index in [1.807, 2.05) is 6.92 Å². The summed E-state index contributed by atoms with van der Waals surface area (Å²) in [4.78, 5) is 0.218. The van der Waals surface area contributed by atoms with Crippen molar-refractivity contribution in [2.75, 3.05) is 5.88 Å². The average Bonchev–Trinajstić information content (AvgIpc) is 2.20. The van der Waals surface area contributed by atoms with Crippen molar-refractivity contribution < 1.29 is 17.6 Å². The number of hydrogen-bond donors (Lipinski definition) is 0. The van der Waals surface area contributed by atoms with Gasteiger partial charge in [0.1, 0.15) is 5.82 Å². The monoisotopic (exact) mass is 286 g/mol. The normalized spacial score (nSPS) is 13.8. The summed E-state index contributed by atoms with van der Waals surface area (Å²) in [5, 5.41) is 0.0683. The van der Waals surface area contributed by atoms with Crippen LogP contribution in [-0.2, 0) is 6.18 Å². The van der Waals surface area contributed by atoms with E-state index in [1.54, 1.807) is 0 Å². The predicted octanol–water partition coefficient (Wildman–Crippen LogP) is 4.95. The first-order valence-corrected chi connectivity index (χ1v) is 6.35. The van der Waals surface area contributed by atoms with Crippen molar-refractivity contribution in [3.8, 4) is 0 Å². The number of rotatable bonds is 4. The van der Waals surface area contributed by atoms with Gasteiger partial charge in [-0.25, -0.2) is 4.39 Å². The van der Waals surface area contributed by atoms with Crippen molar-refractivity contribution in [2.24, 2.45) is 0 Å². The highest BCUT2D eigenvalue weighted by molar-refractivity contribution is 8.00. The lowest BCUT2D eigenvalue weighted by molar-refractivity contribution is -0.137. The summed E-state index contributed by atoms with van der Waals surface area (Å²) in [6.45, 7) is 1.85. The first-order valence-electron chi connectivity index (χ1n) is 4.94. The Morgan fingerprint density at radius 2 is 2.00 bits per heavy atom. The molecule has 0 saturated heterocycles. The molecule has 0 aliphatic rings. The lowest BCUT2D eigenvalue weighted by atomic mass is 10.2. The van der Waals surface area contributed by atoms with Gasteiger partial charge in [-0.3, -0.25) is 0 Å². The first kappa shape index (κ1) is 14.6. The molecule has 17 heavy (non-hydrogen) atoms. The van der Waals surface area contributed by atoms with E-state index >= 15 is 0 Å². The smallest absolute Gasteiger partial charge is 0.206 e. The Hall–Kier alpha value is -0.420. The molecule has 1 unspecified atom stereocenters. The van der Waals surface area contributed by atoms with Gasteiger partial charge in [-0.05, 0) is 24.6 Å². The molecule has 1 rings (SSSR count). The molecule has 1 aromatic rings. The van der Waals surface area contributed by atoms with Crippen molar-refractivity contribution in [1.82, 2.24) is 0 Å². The second-order valence-corrected chi connectivity index (χ2v) is 5.41. The highest BCUT2D eigenvalue weighted by atomic mass is 35.5. The Morgan fingerprint density at radius 3 is 2.47 bits per heavy atom. The van der Waals surface area contributed by atoms with E-state index in [-0.39, 0.29) is 10.1 Å². The highest BCUT2D eigenvalue weighted by Gasteiger charge is 2.31. The van der Waals surface area contributed by atoms with Crippen molar-refractivity contribution in [2.45, 2.75) is 29.7 Å². The third-order valence-electron chi connectivity index (χ3n) is 2.10. The summed E-state index contributed by atoms with van der Waals surface area (Å²) in [5.74, 6) is -0.401. The van der Waals surface area contributed by atoms with Gasteiger partial charge in [0.15, 0.2) is 0 Å². The Kier molecular flexibility index (Phi) is 5.13. The predicted molar refractivity (Wildman–Crippen MR) is 62.1 cm³/mol. The van der Waals surface area contributed by atoms with Gasteiger partial charge in [-0.2, -0.15) is 13.2 Å². The summed E-state index contributed by atoms with van der Waals surface area (Å²) in [6.07, 6.45) is -3.83. The largest absolute Gasteiger partial charge is 0.416 e. The maximum absolute atomic E-state index is 13.4. The van der Waals surface area contributed by atoms with Gasteiger partial charge in [0.25, 0.3) is 0 Å². The highest BCUT2D eigenvalue weighted by Crippen LogP contribution is 2.34. The molecular formula is C11H11ClF4S. The van der Waals surface area contributed by atoms with Crippen LogP contribution in [0.25, 0.3) is 0 Å². The molecule has 0 bridgehead atoms. The Labute approximate surface area is 106 Å². The molecule has 0 aliphatic heterocycles. The van der Waals surface area contributed by atoms with Gasteiger partial charge in [-0.15, -0.1) is 23.4 Å². The molecule has 0 amide bonds. The summed E-state index contributed by atoms with van der Waals surface area (Å²) in [6, 6.07) is 2.57. The van der Waals surface area contributed by atoms with Crippen LogP contribution in [0, 0.1) is 5.82 Å². The Morgan fingerprint density at radius 1 is 1.35 bits per heavy atom. The fourth-order valence-electron chi connectivity index (χ4n) is 1.20. The molecule has 6 heteroatoms. The number of thioether (sulfide) groups is 1. The minimum absolute atomic E-state index is 0.0683. The van der Waals surface area contributed by atoms with Gasteiger partial charge in [0, 0.05) is 16.0 Å². The zero-order valence-electron chi connectivity index (χ0n) is 9.02. The topological polar surface area (TPSA) is 0 Å². The number of alkyl halides is 4. The van der Waals surface area contributed by atoms with Crippen LogP contribution in [0.5, 0.6) is 0 Å². The zero-order valence-corrected chi connectivity index (χ0v) is 10.6. The molecule has 0 N–H and O–H groups in total. The fourth-order valence-corrected chi connectivity index (χ4v) is 2.65. The average molecular weight is 287 g/mol. The molecule has 0 aromatic heterocycles. The molecular weight excluding hydrogens is 276 g/mol. The van der Waals surface area contributed by atoms with Crippen LogP contribution in [0.3, 0.4) is 0 Å². The third kappa shape index (κ3) is 4.39. The second-order valence-electron chi connectivity index (χ2n) is 3.55. The Balaban J connectivity index is 2.83. The maximum atomic E-state index is 13.4. The summed E-state index contributed by atoms with van der Waals surface area (Å²) >= 11 is 6.72. The number of hydrogen-bond acceptors (Lipinski definition) is 1. The molecule has 0 aliphatic carbocycles. The summed E-state index contributed by atoms with van der Waals surface area (Å²) < 4.78 is 50.3. The van der Waals surface area contributed by atoms with Crippen molar-refractivity contribution in [3.63, 3.8) is 0 Å². The minimum atomic E-state index is -4.51. The molecule has 1 atom stereocenters. The van der Waals surface area contributed by atoms with Crippen LogP contribution in [0.15, 0.2) is 23.1 Å². The molecule has 96 valence electrons. The number of halogens is 5. The second kappa shape index (κ2) is 5.96. The molecule has 0 heterocycles. The van der Waals surface area contributed by atoms with E-state index in [0.717, 1.165) is 12.1 Å². The standard InChI is InChI=1S/C11H11ClF4S/c1-7(4-5-12)17-10-3-2-8(6-9(10)13)11(14,15)16/h2-3,6-7H,4-5H2,1H3. The molecule has 0 nitrogen and oxygen atoms in total. The molecule has 1 aromatic carbocycles. The van der Waals surface area contributed by atoms with E-state index < -0.39 is 17.6 Å². The van der Waals surface area contributed by atoms with Gasteiger partial charge in [-0.1, -0.05) is 6.92 Å². The van der Waals surface area contributed by atoms with Crippen LogP contribution < -0.4 is 0 Å². The SMILES string of the molecule is CC(CCCl)Sc1ccc(C(F)(F)F)cc1F. The maximum Gasteiger partial charge on any atom is 0.416 e. The third-order valence-corrected chi connectivity index (χ3v) is 3.54. The minimum Gasteiger partial charge on any atom is -0.206 e.